The van der Waals surface area contributed by atoms with E-state index in [0.717, 1.165) is 28.2 Å². The molecule has 2 aliphatic heterocycles. The molecule has 2 saturated heterocycles. The minimum absolute atomic E-state index is 0.0817. The van der Waals surface area contributed by atoms with Crippen LogP contribution in [0.25, 0.3) is 0 Å². The Balaban J connectivity index is 1.51. The number of hydrogen-bond acceptors (Lipinski definition) is 7. The number of amides is 1. The monoisotopic (exact) mass is 561 g/mol. The van der Waals surface area contributed by atoms with Gasteiger partial charge >= 0.3 is 0 Å². The fourth-order valence-electron chi connectivity index (χ4n) is 5.12. The Morgan fingerprint density at radius 3 is 2.08 bits per heavy atom. The van der Waals surface area contributed by atoms with Crippen LogP contribution >= 0.6 is 8.53 Å². The molecule has 3 aromatic rings. The molecule has 208 valence electrons. The predicted molar refractivity (Wildman–Crippen MR) is 152 cm³/mol. The minimum Gasteiger partial charge on any atom is -0.497 e. The molecule has 8 nitrogen and oxygen atoms in total. The van der Waals surface area contributed by atoms with Gasteiger partial charge < -0.3 is 28.0 Å². The third-order valence-electron chi connectivity index (χ3n) is 7.16. The first kappa shape index (κ1) is 28.6. The van der Waals surface area contributed by atoms with Crippen LogP contribution in [0.5, 0.6) is 11.5 Å². The van der Waals surface area contributed by atoms with E-state index in [1.54, 1.807) is 18.9 Å². The molecule has 0 saturated carbocycles. The Morgan fingerprint density at radius 1 is 0.950 bits per heavy atom. The SMILES string of the molecule is [B]C1CC(OP2OCCN2C(C)=O)C(COC(c2ccccc2)(c2ccc(OC)cc2)c2ccc(OC)cc2)O1. The molecule has 2 radical (unpaired) electrons. The van der Waals surface area contributed by atoms with Gasteiger partial charge in [0.1, 0.15) is 31.1 Å². The van der Waals surface area contributed by atoms with Gasteiger partial charge in [-0.2, -0.15) is 0 Å². The molecule has 40 heavy (non-hydrogen) atoms. The third-order valence-corrected chi connectivity index (χ3v) is 8.89. The maximum absolute atomic E-state index is 12.1. The second-order valence-corrected chi connectivity index (χ2v) is 11.0. The summed E-state index contributed by atoms with van der Waals surface area (Å²) >= 11 is 0. The molecule has 0 aromatic heterocycles. The van der Waals surface area contributed by atoms with E-state index in [1.807, 2.05) is 78.9 Å². The first-order valence-corrected chi connectivity index (χ1v) is 14.3. The summed E-state index contributed by atoms with van der Waals surface area (Å²) in [4.78, 5) is 12.1. The van der Waals surface area contributed by atoms with E-state index in [4.69, 9.17) is 35.8 Å². The van der Waals surface area contributed by atoms with Crippen LogP contribution in [-0.4, -0.2) is 70.6 Å². The molecule has 2 heterocycles. The highest BCUT2D eigenvalue weighted by Gasteiger charge is 2.43. The van der Waals surface area contributed by atoms with E-state index in [9.17, 15) is 4.79 Å². The van der Waals surface area contributed by atoms with E-state index < -0.39 is 32.3 Å². The Morgan fingerprint density at radius 2 is 1.52 bits per heavy atom. The maximum atomic E-state index is 12.1. The van der Waals surface area contributed by atoms with Crippen molar-refractivity contribution in [3.63, 3.8) is 0 Å². The number of hydrogen-bond donors (Lipinski definition) is 0. The summed E-state index contributed by atoms with van der Waals surface area (Å²) in [6.07, 6.45) is -0.415. The van der Waals surface area contributed by atoms with Gasteiger partial charge in [-0.15, -0.1) is 0 Å². The molecule has 0 aliphatic carbocycles. The van der Waals surface area contributed by atoms with Crippen LogP contribution < -0.4 is 9.47 Å². The highest BCUT2D eigenvalue weighted by Crippen LogP contribution is 2.50. The molecule has 0 spiro atoms. The first-order valence-electron chi connectivity index (χ1n) is 13.2. The van der Waals surface area contributed by atoms with Crippen LogP contribution in [0.2, 0.25) is 0 Å². The molecule has 3 aromatic carbocycles. The summed E-state index contributed by atoms with van der Waals surface area (Å²) < 4.78 is 37.6. The molecular formula is C30H33BNO7P. The summed E-state index contributed by atoms with van der Waals surface area (Å²) in [6.45, 7) is 2.64. The van der Waals surface area contributed by atoms with Crippen LogP contribution in [0.3, 0.4) is 0 Å². The van der Waals surface area contributed by atoms with Crippen molar-refractivity contribution in [2.24, 2.45) is 0 Å². The quantitative estimate of drug-likeness (QED) is 0.200. The lowest BCUT2D eigenvalue weighted by Crippen LogP contribution is -2.38. The van der Waals surface area contributed by atoms with Gasteiger partial charge in [0, 0.05) is 12.9 Å². The Labute approximate surface area is 237 Å². The molecule has 10 heteroatoms. The lowest BCUT2D eigenvalue weighted by atomic mass is 9.80. The second-order valence-electron chi connectivity index (χ2n) is 9.62. The molecule has 4 atom stereocenters. The van der Waals surface area contributed by atoms with Gasteiger partial charge in [0.05, 0.1) is 40.1 Å². The standard InChI is InChI=1S/C30H33BNO7P/c1-21(33)32-17-18-37-40(32)39-27-19-29(31)38-28(27)20-36-30(22-7-5-4-6-8-22,23-9-13-25(34-2)14-10-23)24-11-15-26(35-3)16-12-24/h4-16,27-29H,17-20H2,1-3H3. The largest absolute Gasteiger partial charge is 0.497 e. The Hall–Kier alpha value is -2.94. The smallest absolute Gasteiger partial charge is 0.292 e. The van der Waals surface area contributed by atoms with Gasteiger partial charge in [0.2, 0.25) is 5.91 Å². The highest BCUT2D eigenvalue weighted by atomic mass is 31.2. The number of carbonyl (C=O) groups excluding carboxylic acids is 1. The number of methoxy groups -OCH3 is 2. The van der Waals surface area contributed by atoms with Gasteiger partial charge in [-0.3, -0.25) is 9.46 Å². The number of benzene rings is 3. The van der Waals surface area contributed by atoms with Crippen molar-refractivity contribution in [3.8, 4) is 11.5 Å². The average molecular weight is 561 g/mol. The topological polar surface area (TPSA) is 75.7 Å². The summed E-state index contributed by atoms with van der Waals surface area (Å²) in [5.41, 5.74) is 1.77. The fraction of sp³-hybridized carbons (Fsp3) is 0.367. The van der Waals surface area contributed by atoms with Gasteiger partial charge in [0.25, 0.3) is 8.53 Å². The third kappa shape index (κ3) is 5.90. The van der Waals surface area contributed by atoms with Crippen molar-refractivity contribution in [2.75, 3.05) is 34.0 Å². The normalized spacial score (nSPS) is 22.8. The molecule has 4 unspecified atom stereocenters. The van der Waals surface area contributed by atoms with E-state index in [-0.39, 0.29) is 12.5 Å². The van der Waals surface area contributed by atoms with E-state index in [2.05, 4.69) is 0 Å². The van der Waals surface area contributed by atoms with Crippen LogP contribution in [0.4, 0.5) is 0 Å². The van der Waals surface area contributed by atoms with Gasteiger partial charge in [0.15, 0.2) is 0 Å². The van der Waals surface area contributed by atoms with Crippen molar-refractivity contribution in [3.05, 3.63) is 95.6 Å². The van der Waals surface area contributed by atoms with E-state index >= 15 is 0 Å². The number of rotatable bonds is 10. The molecule has 5 rings (SSSR count). The minimum atomic E-state index is -1.52. The lowest BCUT2D eigenvalue weighted by Gasteiger charge is -2.37. The van der Waals surface area contributed by atoms with Crippen LogP contribution in [-0.2, 0) is 28.9 Å². The molecule has 2 aliphatic rings. The number of ether oxygens (including phenoxy) is 4. The number of carbonyl (C=O) groups is 1. The highest BCUT2D eigenvalue weighted by molar-refractivity contribution is 7.45. The molecular weight excluding hydrogens is 528 g/mol. The number of nitrogens with zero attached hydrogens (tertiary/aromatic N) is 1. The van der Waals surface area contributed by atoms with Crippen LogP contribution in [0, 0.1) is 0 Å². The zero-order valence-electron chi connectivity index (χ0n) is 22.9. The van der Waals surface area contributed by atoms with Gasteiger partial charge in [-0.25, -0.2) is 0 Å². The lowest BCUT2D eigenvalue weighted by molar-refractivity contribution is -0.124. The first-order chi connectivity index (χ1) is 19.4. The van der Waals surface area contributed by atoms with Gasteiger partial charge in [-0.05, 0) is 47.4 Å². The molecule has 0 bridgehead atoms. The molecule has 2 fully saturated rings. The summed E-state index contributed by atoms with van der Waals surface area (Å²) in [5.74, 6) is 1.41. The van der Waals surface area contributed by atoms with Gasteiger partial charge in [-0.1, -0.05) is 54.6 Å². The Kier molecular flexibility index (Phi) is 9.08. The zero-order valence-corrected chi connectivity index (χ0v) is 23.8. The predicted octanol–water partition coefficient (Wildman–Crippen LogP) is 4.79. The molecule has 0 N–H and O–H groups in total. The average Bonchev–Trinajstić information content (AvgIpc) is 3.60. The maximum Gasteiger partial charge on any atom is 0.292 e. The van der Waals surface area contributed by atoms with Crippen molar-refractivity contribution in [2.45, 2.75) is 37.2 Å². The Bertz CT molecular complexity index is 1210. The van der Waals surface area contributed by atoms with Crippen molar-refractivity contribution < 1.29 is 32.8 Å². The van der Waals surface area contributed by atoms with Crippen LogP contribution in [0.1, 0.15) is 30.0 Å². The van der Waals surface area contributed by atoms with E-state index in [0.29, 0.717) is 19.6 Å². The van der Waals surface area contributed by atoms with E-state index in [1.165, 1.54) is 6.92 Å². The summed E-state index contributed by atoms with van der Waals surface area (Å²) in [5, 5.41) is 0. The van der Waals surface area contributed by atoms with Crippen LogP contribution in [0.15, 0.2) is 78.9 Å². The fourth-order valence-corrected chi connectivity index (χ4v) is 6.60. The zero-order chi connectivity index (χ0) is 28.1. The molecule has 1 amide bonds. The summed E-state index contributed by atoms with van der Waals surface area (Å²) in [7, 11) is 7.98. The van der Waals surface area contributed by atoms with Crippen molar-refractivity contribution in [1.29, 1.82) is 0 Å². The van der Waals surface area contributed by atoms with Crippen molar-refractivity contribution in [1.82, 2.24) is 4.67 Å². The summed E-state index contributed by atoms with van der Waals surface area (Å²) in [6, 6.07) is 25.2. The second kappa shape index (κ2) is 12.7. The van der Waals surface area contributed by atoms with Crippen molar-refractivity contribution >= 4 is 22.3 Å².